The fourth-order valence-electron chi connectivity index (χ4n) is 3.61. The van der Waals surface area contributed by atoms with E-state index in [4.69, 9.17) is 4.74 Å². The Bertz CT molecular complexity index is 763. The van der Waals surface area contributed by atoms with E-state index in [1.807, 2.05) is 53.4 Å². The first kappa shape index (κ1) is 14.1. The van der Waals surface area contributed by atoms with E-state index in [2.05, 4.69) is 0 Å². The molecule has 2 heterocycles. The molecule has 0 bridgehead atoms. The number of para-hydroxylation sites is 3. The van der Waals surface area contributed by atoms with E-state index in [1.54, 1.807) is 0 Å². The highest BCUT2D eigenvalue weighted by Crippen LogP contribution is 2.49. The highest BCUT2D eigenvalue weighted by molar-refractivity contribution is 5.75. The van der Waals surface area contributed by atoms with Gasteiger partial charge in [0, 0.05) is 12.1 Å². The lowest BCUT2D eigenvalue weighted by atomic mass is 9.83. The zero-order valence-electron chi connectivity index (χ0n) is 12.4. The Morgan fingerprint density at radius 2 is 1.83 bits per heavy atom. The molecule has 118 valence electrons. The van der Waals surface area contributed by atoms with Crippen molar-refractivity contribution in [1.29, 1.82) is 0 Å². The van der Waals surface area contributed by atoms with Crippen molar-refractivity contribution < 1.29 is 19.0 Å². The molecule has 1 fully saturated rings. The number of aliphatic carboxylic acids is 1. The van der Waals surface area contributed by atoms with Crippen LogP contribution in [0.25, 0.3) is 0 Å². The predicted molar refractivity (Wildman–Crippen MR) is 83.7 cm³/mol. The number of carbonyl (C=O) groups is 1. The summed E-state index contributed by atoms with van der Waals surface area (Å²) in [5.41, 5.74) is 1.53. The number of ether oxygens (including phenoxy) is 1. The van der Waals surface area contributed by atoms with Crippen LogP contribution in [-0.2, 0) is 4.79 Å². The van der Waals surface area contributed by atoms with Gasteiger partial charge in [-0.25, -0.2) is 4.39 Å². The van der Waals surface area contributed by atoms with Gasteiger partial charge in [0.2, 0.25) is 0 Å². The molecule has 0 saturated carbocycles. The van der Waals surface area contributed by atoms with Crippen LogP contribution in [0.5, 0.6) is 11.5 Å². The second-order valence-corrected chi connectivity index (χ2v) is 5.98. The monoisotopic (exact) mass is 313 g/mol. The van der Waals surface area contributed by atoms with E-state index in [-0.39, 0.29) is 13.0 Å². The molecule has 2 aliphatic rings. The Hall–Kier alpha value is -2.56. The van der Waals surface area contributed by atoms with Crippen molar-refractivity contribution in [2.75, 3.05) is 11.4 Å². The van der Waals surface area contributed by atoms with Crippen LogP contribution in [0.15, 0.2) is 48.5 Å². The van der Waals surface area contributed by atoms with Crippen molar-refractivity contribution in [2.24, 2.45) is 5.92 Å². The molecular formula is C18H16FNO3. The molecule has 1 unspecified atom stereocenters. The molecule has 4 nitrogen and oxygen atoms in total. The summed E-state index contributed by atoms with van der Waals surface area (Å²) in [6.45, 7) is 0.170. The Labute approximate surface area is 133 Å². The lowest BCUT2D eigenvalue weighted by molar-refractivity contribution is -0.144. The zero-order valence-corrected chi connectivity index (χ0v) is 12.4. The van der Waals surface area contributed by atoms with Crippen LogP contribution in [0.3, 0.4) is 0 Å². The third-order valence-electron chi connectivity index (χ3n) is 4.57. The smallest absolute Gasteiger partial charge is 0.309 e. The maximum Gasteiger partial charge on any atom is 0.309 e. The van der Waals surface area contributed by atoms with Crippen LogP contribution >= 0.6 is 0 Å². The van der Waals surface area contributed by atoms with Crippen molar-refractivity contribution in [3.8, 4) is 11.5 Å². The van der Waals surface area contributed by atoms with E-state index >= 15 is 0 Å². The molecule has 2 aromatic carbocycles. The van der Waals surface area contributed by atoms with Gasteiger partial charge in [-0.3, -0.25) is 4.79 Å². The summed E-state index contributed by atoms with van der Waals surface area (Å²) in [6, 6.07) is 14.4. The molecule has 1 N–H and O–H groups in total. The molecule has 0 radical (unpaired) electrons. The Morgan fingerprint density at radius 3 is 2.61 bits per heavy atom. The first-order valence-corrected chi connectivity index (χ1v) is 7.64. The van der Waals surface area contributed by atoms with E-state index < -0.39 is 24.1 Å². The number of alkyl halides is 1. The van der Waals surface area contributed by atoms with Crippen LogP contribution in [0.4, 0.5) is 10.1 Å². The highest BCUT2D eigenvalue weighted by atomic mass is 19.1. The van der Waals surface area contributed by atoms with Gasteiger partial charge in [-0.15, -0.1) is 0 Å². The van der Waals surface area contributed by atoms with Crippen molar-refractivity contribution in [1.82, 2.24) is 0 Å². The largest absolute Gasteiger partial charge is 0.481 e. The molecule has 2 aromatic rings. The van der Waals surface area contributed by atoms with E-state index in [9.17, 15) is 14.3 Å². The number of hydrogen-bond donors (Lipinski definition) is 1. The molecule has 0 spiro atoms. The third-order valence-corrected chi connectivity index (χ3v) is 4.57. The summed E-state index contributed by atoms with van der Waals surface area (Å²) < 4.78 is 20.2. The van der Waals surface area contributed by atoms with Crippen molar-refractivity contribution in [3.63, 3.8) is 0 Å². The van der Waals surface area contributed by atoms with Crippen LogP contribution in [0.2, 0.25) is 0 Å². The summed E-state index contributed by atoms with van der Waals surface area (Å²) in [6.07, 6.45) is -1.15. The van der Waals surface area contributed by atoms with Crippen molar-refractivity contribution in [2.45, 2.75) is 18.6 Å². The number of hydrogen-bond acceptors (Lipinski definition) is 3. The van der Waals surface area contributed by atoms with Crippen LogP contribution in [0, 0.1) is 5.92 Å². The number of carboxylic acids is 1. The quantitative estimate of drug-likeness (QED) is 0.870. The Kier molecular flexibility index (Phi) is 3.22. The summed E-state index contributed by atoms with van der Waals surface area (Å²) in [7, 11) is 0. The topological polar surface area (TPSA) is 49.8 Å². The molecule has 0 aliphatic carbocycles. The molecule has 5 heteroatoms. The number of halogens is 1. The summed E-state index contributed by atoms with van der Waals surface area (Å²) in [5.74, 6) is -0.525. The van der Waals surface area contributed by atoms with E-state index in [0.717, 1.165) is 11.3 Å². The number of anilines is 1. The molecule has 2 aliphatic heterocycles. The molecule has 23 heavy (non-hydrogen) atoms. The standard InChI is InChI=1S/C18H16FNO3/c19-11-9-13(18(21)22)17-12-5-1-3-7-15(12)23-16-8-4-2-6-14(16)20(17)10-11/h1-8,11,13,17H,9-10H2,(H,21,22)/t11?,13-,17-/m0/s1. The van der Waals surface area contributed by atoms with Gasteiger partial charge in [-0.1, -0.05) is 30.3 Å². The van der Waals surface area contributed by atoms with Gasteiger partial charge in [-0.2, -0.15) is 0 Å². The van der Waals surface area contributed by atoms with Gasteiger partial charge in [0.15, 0.2) is 5.75 Å². The molecule has 0 amide bonds. The fraction of sp³-hybridized carbons (Fsp3) is 0.278. The Morgan fingerprint density at radius 1 is 1.13 bits per heavy atom. The number of piperidine rings is 1. The molecule has 1 saturated heterocycles. The van der Waals surface area contributed by atoms with Crippen molar-refractivity contribution in [3.05, 3.63) is 54.1 Å². The molecule has 4 rings (SSSR count). The number of benzene rings is 2. The van der Waals surface area contributed by atoms with Gasteiger partial charge in [-0.05, 0) is 24.6 Å². The summed E-state index contributed by atoms with van der Waals surface area (Å²) in [4.78, 5) is 13.6. The zero-order chi connectivity index (χ0) is 16.0. The van der Waals surface area contributed by atoms with Gasteiger partial charge in [0.1, 0.15) is 11.9 Å². The average Bonchev–Trinajstić information content (AvgIpc) is 2.68. The summed E-state index contributed by atoms with van der Waals surface area (Å²) >= 11 is 0. The first-order chi connectivity index (χ1) is 11.1. The molecule has 0 aromatic heterocycles. The maximum atomic E-state index is 14.2. The lowest BCUT2D eigenvalue weighted by Crippen LogP contribution is -2.46. The molecular weight excluding hydrogens is 297 g/mol. The normalized spacial score (nSPS) is 25.4. The second-order valence-electron chi connectivity index (χ2n) is 5.98. The van der Waals surface area contributed by atoms with Gasteiger partial charge < -0.3 is 14.7 Å². The van der Waals surface area contributed by atoms with Crippen LogP contribution < -0.4 is 9.64 Å². The van der Waals surface area contributed by atoms with Crippen molar-refractivity contribution >= 4 is 11.7 Å². The second kappa shape index (κ2) is 5.26. The number of carboxylic acid groups (broad SMARTS) is 1. The third kappa shape index (κ3) is 2.23. The predicted octanol–water partition coefficient (Wildman–Crippen LogP) is 3.78. The SMILES string of the molecule is O=C(O)[C@H]1CC(F)CN2c3ccccc3Oc3ccccc3[C@@H]12. The minimum absolute atomic E-state index is 0.0208. The minimum atomic E-state index is -1.18. The van der Waals surface area contributed by atoms with Gasteiger partial charge in [0.25, 0.3) is 0 Å². The van der Waals surface area contributed by atoms with Crippen LogP contribution in [0.1, 0.15) is 18.0 Å². The highest BCUT2D eigenvalue weighted by Gasteiger charge is 2.44. The minimum Gasteiger partial charge on any atom is -0.481 e. The van der Waals surface area contributed by atoms with E-state index in [1.165, 1.54) is 0 Å². The van der Waals surface area contributed by atoms with Gasteiger partial charge >= 0.3 is 5.97 Å². The summed E-state index contributed by atoms with van der Waals surface area (Å²) in [5, 5.41) is 9.63. The number of fused-ring (bicyclic) bond motifs is 5. The fourth-order valence-corrected chi connectivity index (χ4v) is 3.61. The average molecular weight is 313 g/mol. The Balaban J connectivity index is 1.94. The number of nitrogens with zero attached hydrogens (tertiary/aromatic N) is 1. The van der Waals surface area contributed by atoms with Gasteiger partial charge in [0.05, 0.1) is 17.6 Å². The van der Waals surface area contributed by atoms with Crippen LogP contribution in [-0.4, -0.2) is 23.8 Å². The van der Waals surface area contributed by atoms with E-state index in [0.29, 0.717) is 11.5 Å². The first-order valence-electron chi connectivity index (χ1n) is 7.64. The maximum absolute atomic E-state index is 14.2. The lowest BCUT2D eigenvalue weighted by Gasteiger charge is -2.41. The molecule has 3 atom stereocenters. The number of rotatable bonds is 1.